The molecule has 0 saturated heterocycles. The van der Waals surface area contributed by atoms with Gasteiger partial charge < -0.3 is 10.4 Å². The minimum atomic E-state index is 0.287. The third kappa shape index (κ3) is 2.34. The van der Waals surface area contributed by atoms with Gasteiger partial charge >= 0.3 is 0 Å². The summed E-state index contributed by atoms with van der Waals surface area (Å²) in [7, 11) is 0. The van der Waals surface area contributed by atoms with E-state index in [0.29, 0.717) is 12.0 Å². The Labute approximate surface area is 85.0 Å². The van der Waals surface area contributed by atoms with Crippen molar-refractivity contribution in [3.05, 3.63) is 35.9 Å². The van der Waals surface area contributed by atoms with Crippen LogP contribution in [0.2, 0.25) is 0 Å². The number of aliphatic hydroxyl groups is 1. The number of hydrogen-bond donors (Lipinski definition) is 2. The molecule has 1 aromatic carbocycles. The van der Waals surface area contributed by atoms with Crippen LogP contribution >= 0.6 is 0 Å². The largest absolute Gasteiger partial charge is 0.396 e. The van der Waals surface area contributed by atoms with Crippen LogP contribution in [-0.2, 0) is 0 Å². The van der Waals surface area contributed by atoms with Gasteiger partial charge in [0.25, 0.3) is 0 Å². The molecule has 2 nitrogen and oxygen atoms in total. The number of aliphatic hydroxyl groups excluding tert-OH is 1. The van der Waals surface area contributed by atoms with Gasteiger partial charge in [0.15, 0.2) is 0 Å². The molecular weight excluding hydrogens is 174 g/mol. The third-order valence-corrected chi connectivity index (χ3v) is 2.76. The Hall–Kier alpha value is -0.860. The van der Waals surface area contributed by atoms with Crippen LogP contribution in [0.1, 0.15) is 24.3 Å². The monoisotopic (exact) mass is 191 g/mol. The van der Waals surface area contributed by atoms with Gasteiger partial charge in [0.2, 0.25) is 0 Å². The zero-order chi connectivity index (χ0) is 9.80. The average Bonchev–Trinajstić information content (AvgIpc) is 2.99. The minimum Gasteiger partial charge on any atom is -0.396 e. The summed E-state index contributed by atoms with van der Waals surface area (Å²) in [6.45, 7) is 1.22. The first-order valence-electron chi connectivity index (χ1n) is 5.31. The van der Waals surface area contributed by atoms with E-state index in [9.17, 15) is 0 Å². The molecule has 0 amide bonds. The zero-order valence-corrected chi connectivity index (χ0v) is 8.32. The van der Waals surface area contributed by atoms with Crippen molar-refractivity contribution in [1.29, 1.82) is 0 Å². The summed E-state index contributed by atoms with van der Waals surface area (Å²) in [5.74, 6) is 0.704. The van der Waals surface area contributed by atoms with E-state index in [1.165, 1.54) is 12.0 Å². The molecule has 1 fully saturated rings. The SMILES string of the molecule is OCCCNC1CC1c1ccccc1. The summed E-state index contributed by atoms with van der Waals surface area (Å²) < 4.78 is 0. The fourth-order valence-corrected chi connectivity index (χ4v) is 1.86. The molecule has 2 heteroatoms. The van der Waals surface area contributed by atoms with E-state index in [0.717, 1.165) is 13.0 Å². The highest BCUT2D eigenvalue weighted by molar-refractivity contribution is 5.27. The molecule has 14 heavy (non-hydrogen) atoms. The Morgan fingerprint density at radius 3 is 2.79 bits per heavy atom. The van der Waals surface area contributed by atoms with E-state index in [-0.39, 0.29) is 6.61 Å². The summed E-state index contributed by atoms with van der Waals surface area (Å²) in [5, 5.41) is 12.1. The van der Waals surface area contributed by atoms with Crippen molar-refractivity contribution in [2.24, 2.45) is 0 Å². The zero-order valence-electron chi connectivity index (χ0n) is 8.32. The molecule has 0 radical (unpaired) electrons. The lowest BCUT2D eigenvalue weighted by Gasteiger charge is -2.02. The lowest BCUT2D eigenvalue weighted by Crippen LogP contribution is -2.19. The fourth-order valence-electron chi connectivity index (χ4n) is 1.86. The molecule has 2 rings (SSSR count). The van der Waals surface area contributed by atoms with Gasteiger partial charge in [0, 0.05) is 18.6 Å². The quantitative estimate of drug-likeness (QED) is 0.691. The molecule has 1 aromatic rings. The standard InChI is InChI=1S/C12H17NO/c14-8-4-7-13-12-9-11(12)10-5-2-1-3-6-10/h1-3,5-6,11-14H,4,7-9H2. The summed E-state index contributed by atoms with van der Waals surface area (Å²) in [6, 6.07) is 11.3. The van der Waals surface area contributed by atoms with Crippen LogP contribution < -0.4 is 5.32 Å². The molecule has 0 heterocycles. The molecular formula is C12H17NO. The molecule has 0 spiro atoms. The Kier molecular flexibility index (Phi) is 3.17. The fraction of sp³-hybridized carbons (Fsp3) is 0.500. The Morgan fingerprint density at radius 2 is 2.07 bits per heavy atom. The van der Waals surface area contributed by atoms with Gasteiger partial charge in [-0.25, -0.2) is 0 Å². The van der Waals surface area contributed by atoms with Crippen LogP contribution in [-0.4, -0.2) is 24.3 Å². The van der Waals surface area contributed by atoms with Gasteiger partial charge in [-0.05, 0) is 24.9 Å². The van der Waals surface area contributed by atoms with Crippen molar-refractivity contribution in [2.75, 3.05) is 13.2 Å². The maximum Gasteiger partial charge on any atom is 0.0443 e. The number of nitrogens with one attached hydrogen (secondary N) is 1. The van der Waals surface area contributed by atoms with Crippen molar-refractivity contribution < 1.29 is 5.11 Å². The highest BCUT2D eigenvalue weighted by Crippen LogP contribution is 2.40. The van der Waals surface area contributed by atoms with Crippen molar-refractivity contribution in [3.63, 3.8) is 0 Å². The van der Waals surface area contributed by atoms with Crippen LogP contribution in [0.25, 0.3) is 0 Å². The van der Waals surface area contributed by atoms with Crippen molar-refractivity contribution in [2.45, 2.75) is 24.8 Å². The first-order chi connectivity index (χ1) is 6.92. The normalized spacial score (nSPS) is 24.9. The van der Waals surface area contributed by atoms with Crippen LogP contribution in [0.4, 0.5) is 0 Å². The van der Waals surface area contributed by atoms with Crippen LogP contribution in [0, 0.1) is 0 Å². The van der Waals surface area contributed by atoms with E-state index in [1.807, 2.05) is 0 Å². The van der Waals surface area contributed by atoms with Crippen molar-refractivity contribution in [1.82, 2.24) is 5.32 Å². The third-order valence-electron chi connectivity index (χ3n) is 2.76. The highest BCUT2D eigenvalue weighted by Gasteiger charge is 2.37. The molecule has 2 unspecified atom stereocenters. The maximum atomic E-state index is 8.64. The summed E-state index contributed by atoms with van der Waals surface area (Å²) >= 11 is 0. The second-order valence-corrected chi connectivity index (χ2v) is 3.89. The van der Waals surface area contributed by atoms with Gasteiger partial charge in [-0.1, -0.05) is 30.3 Å². The first-order valence-corrected chi connectivity index (χ1v) is 5.31. The predicted octanol–water partition coefficient (Wildman–Crippen LogP) is 1.51. The van der Waals surface area contributed by atoms with Crippen molar-refractivity contribution in [3.8, 4) is 0 Å². The number of rotatable bonds is 5. The Balaban J connectivity index is 1.76. The minimum absolute atomic E-state index is 0.287. The molecule has 1 aliphatic rings. The topological polar surface area (TPSA) is 32.3 Å². The lowest BCUT2D eigenvalue weighted by molar-refractivity contribution is 0.286. The van der Waals surface area contributed by atoms with Crippen LogP contribution in [0.5, 0.6) is 0 Å². The van der Waals surface area contributed by atoms with Crippen LogP contribution in [0.15, 0.2) is 30.3 Å². The van der Waals surface area contributed by atoms with Gasteiger partial charge in [-0.3, -0.25) is 0 Å². The van der Waals surface area contributed by atoms with Gasteiger partial charge in [0.05, 0.1) is 0 Å². The maximum absolute atomic E-state index is 8.64. The molecule has 2 N–H and O–H groups in total. The van der Waals surface area contributed by atoms with E-state index < -0.39 is 0 Å². The lowest BCUT2D eigenvalue weighted by atomic mass is 10.1. The molecule has 0 bridgehead atoms. The van der Waals surface area contributed by atoms with E-state index in [1.54, 1.807) is 0 Å². The molecule has 0 aliphatic heterocycles. The molecule has 2 atom stereocenters. The van der Waals surface area contributed by atoms with Gasteiger partial charge in [-0.15, -0.1) is 0 Å². The summed E-state index contributed by atoms with van der Waals surface area (Å²) in [4.78, 5) is 0. The smallest absolute Gasteiger partial charge is 0.0443 e. The van der Waals surface area contributed by atoms with Crippen LogP contribution in [0.3, 0.4) is 0 Å². The van der Waals surface area contributed by atoms with Gasteiger partial charge in [-0.2, -0.15) is 0 Å². The number of hydrogen-bond acceptors (Lipinski definition) is 2. The average molecular weight is 191 g/mol. The van der Waals surface area contributed by atoms with Gasteiger partial charge in [0.1, 0.15) is 0 Å². The number of benzene rings is 1. The summed E-state index contributed by atoms with van der Waals surface area (Å²) in [6.07, 6.45) is 2.10. The summed E-state index contributed by atoms with van der Waals surface area (Å²) in [5.41, 5.74) is 1.44. The predicted molar refractivity (Wildman–Crippen MR) is 57.3 cm³/mol. The van der Waals surface area contributed by atoms with E-state index in [2.05, 4.69) is 35.6 Å². The van der Waals surface area contributed by atoms with E-state index in [4.69, 9.17) is 5.11 Å². The second-order valence-electron chi connectivity index (χ2n) is 3.89. The highest BCUT2D eigenvalue weighted by atomic mass is 16.3. The molecule has 76 valence electrons. The Morgan fingerprint density at radius 1 is 1.29 bits per heavy atom. The Bertz CT molecular complexity index is 273. The molecule has 1 saturated carbocycles. The van der Waals surface area contributed by atoms with Crippen molar-refractivity contribution >= 4 is 0 Å². The first kappa shape index (κ1) is 9.69. The van der Waals surface area contributed by atoms with E-state index >= 15 is 0 Å². The molecule has 1 aliphatic carbocycles. The molecule has 0 aromatic heterocycles. The second kappa shape index (κ2) is 4.58.